The van der Waals surface area contributed by atoms with Gasteiger partial charge in [0.25, 0.3) is 11.9 Å². The van der Waals surface area contributed by atoms with E-state index in [1.54, 1.807) is 0 Å². The van der Waals surface area contributed by atoms with Crippen molar-refractivity contribution in [3.63, 3.8) is 0 Å². The quantitative estimate of drug-likeness (QED) is 0.518. The van der Waals surface area contributed by atoms with Crippen LogP contribution in [0.15, 0.2) is 46.9 Å². The molecule has 1 aliphatic rings. The van der Waals surface area contributed by atoms with Crippen LogP contribution in [-0.4, -0.2) is 42.0 Å². The molecule has 7 heteroatoms. The maximum atomic E-state index is 13.2. The molecular formula is C24H29ClN4O2. The third kappa shape index (κ3) is 5.57. The first-order chi connectivity index (χ1) is 15.1. The van der Waals surface area contributed by atoms with Gasteiger partial charge in [0.2, 0.25) is 0 Å². The lowest BCUT2D eigenvalue weighted by molar-refractivity contribution is 0.0719. The Bertz CT molecular complexity index is 1030. The van der Waals surface area contributed by atoms with Crippen molar-refractivity contribution in [2.24, 2.45) is 5.92 Å². The zero-order chi connectivity index (χ0) is 21.6. The van der Waals surface area contributed by atoms with E-state index in [-0.39, 0.29) is 5.91 Å². The van der Waals surface area contributed by atoms with Crippen molar-refractivity contribution in [3.8, 4) is 0 Å². The molecule has 164 valence electrons. The lowest BCUT2D eigenvalue weighted by Crippen LogP contribution is -2.41. The van der Waals surface area contributed by atoms with Gasteiger partial charge in [-0.25, -0.2) is 0 Å². The van der Waals surface area contributed by atoms with Crippen molar-refractivity contribution in [1.29, 1.82) is 0 Å². The number of anilines is 1. The molecule has 1 fully saturated rings. The molecule has 0 aliphatic carbocycles. The molecular weight excluding hydrogens is 412 g/mol. The lowest BCUT2D eigenvalue weighted by Gasteiger charge is -2.30. The molecule has 1 saturated heterocycles. The SMILES string of the molecule is CCCN(CC1CCCNC1)C(=O)c1ccc2oc(NCc3cccc(Cl)c3)nc2c1. The summed E-state index contributed by atoms with van der Waals surface area (Å²) in [6.07, 6.45) is 3.29. The molecule has 0 radical (unpaired) electrons. The topological polar surface area (TPSA) is 70.4 Å². The van der Waals surface area contributed by atoms with Crippen molar-refractivity contribution in [3.05, 3.63) is 58.6 Å². The second kappa shape index (κ2) is 10.2. The standard InChI is InChI=1S/C24H29ClN4O2/c1-2-11-29(16-18-6-4-10-26-14-18)23(30)19-8-9-22-21(13-19)28-24(31-22)27-15-17-5-3-7-20(25)12-17/h3,5,7-9,12-13,18,26H,2,4,6,10-11,14-16H2,1H3,(H,27,28). The van der Waals surface area contributed by atoms with E-state index < -0.39 is 0 Å². The first-order valence-electron chi connectivity index (χ1n) is 11.0. The third-order valence-electron chi connectivity index (χ3n) is 5.63. The van der Waals surface area contributed by atoms with E-state index in [0.29, 0.717) is 40.2 Å². The van der Waals surface area contributed by atoms with Gasteiger partial charge >= 0.3 is 0 Å². The number of fused-ring (bicyclic) bond motifs is 1. The Kier molecular flexibility index (Phi) is 7.10. The third-order valence-corrected chi connectivity index (χ3v) is 5.86. The van der Waals surface area contributed by atoms with Crippen LogP contribution in [0.1, 0.15) is 42.1 Å². The Morgan fingerprint density at radius 2 is 2.23 bits per heavy atom. The van der Waals surface area contributed by atoms with Gasteiger partial charge in [-0.15, -0.1) is 0 Å². The van der Waals surface area contributed by atoms with E-state index in [1.807, 2.05) is 47.4 Å². The fourth-order valence-corrected chi connectivity index (χ4v) is 4.29. The molecule has 3 aromatic rings. The minimum Gasteiger partial charge on any atom is -0.424 e. The number of piperidine rings is 1. The summed E-state index contributed by atoms with van der Waals surface area (Å²) >= 11 is 6.04. The summed E-state index contributed by atoms with van der Waals surface area (Å²) in [5.41, 5.74) is 3.02. The summed E-state index contributed by atoms with van der Waals surface area (Å²) in [6, 6.07) is 13.6. The summed E-state index contributed by atoms with van der Waals surface area (Å²) in [6.45, 7) is 6.28. The molecule has 4 rings (SSSR count). The number of carbonyl (C=O) groups is 1. The summed E-state index contributed by atoms with van der Waals surface area (Å²) in [5, 5.41) is 7.32. The normalized spacial score (nSPS) is 16.4. The van der Waals surface area contributed by atoms with Gasteiger partial charge < -0.3 is 20.0 Å². The molecule has 1 unspecified atom stereocenters. The molecule has 6 nitrogen and oxygen atoms in total. The van der Waals surface area contributed by atoms with E-state index in [9.17, 15) is 4.79 Å². The van der Waals surface area contributed by atoms with Crippen molar-refractivity contribution in [1.82, 2.24) is 15.2 Å². The second-order valence-corrected chi connectivity index (χ2v) is 8.58. The molecule has 31 heavy (non-hydrogen) atoms. The minimum atomic E-state index is 0.0609. The average Bonchev–Trinajstić information content (AvgIpc) is 3.20. The minimum absolute atomic E-state index is 0.0609. The van der Waals surface area contributed by atoms with Crippen LogP contribution in [0.2, 0.25) is 5.02 Å². The van der Waals surface area contributed by atoms with Crippen molar-refractivity contribution in [2.45, 2.75) is 32.7 Å². The molecule has 1 amide bonds. The number of hydrogen-bond acceptors (Lipinski definition) is 5. The van der Waals surface area contributed by atoms with Crippen LogP contribution >= 0.6 is 11.6 Å². The van der Waals surface area contributed by atoms with Gasteiger partial charge in [0.15, 0.2) is 5.58 Å². The predicted molar refractivity (Wildman–Crippen MR) is 125 cm³/mol. The fraction of sp³-hybridized carbons (Fsp3) is 0.417. The zero-order valence-corrected chi connectivity index (χ0v) is 18.6. The molecule has 1 aromatic heterocycles. The highest BCUT2D eigenvalue weighted by Gasteiger charge is 2.22. The van der Waals surface area contributed by atoms with Crippen LogP contribution in [0.5, 0.6) is 0 Å². The maximum absolute atomic E-state index is 13.2. The molecule has 2 N–H and O–H groups in total. The highest BCUT2D eigenvalue weighted by molar-refractivity contribution is 6.30. The maximum Gasteiger partial charge on any atom is 0.295 e. The van der Waals surface area contributed by atoms with Gasteiger partial charge in [0.1, 0.15) is 5.52 Å². The highest BCUT2D eigenvalue weighted by atomic mass is 35.5. The number of nitrogens with one attached hydrogen (secondary N) is 2. The highest BCUT2D eigenvalue weighted by Crippen LogP contribution is 2.23. The van der Waals surface area contributed by atoms with Crippen LogP contribution in [0.25, 0.3) is 11.1 Å². The molecule has 1 aliphatic heterocycles. The molecule has 0 bridgehead atoms. The summed E-state index contributed by atoms with van der Waals surface area (Å²) in [7, 11) is 0. The number of rotatable bonds is 8. The van der Waals surface area contributed by atoms with E-state index in [2.05, 4.69) is 22.5 Å². The van der Waals surface area contributed by atoms with E-state index in [4.69, 9.17) is 16.0 Å². The van der Waals surface area contributed by atoms with Crippen LogP contribution in [0, 0.1) is 5.92 Å². The van der Waals surface area contributed by atoms with Gasteiger partial charge in [0, 0.05) is 30.2 Å². The summed E-state index contributed by atoms with van der Waals surface area (Å²) < 4.78 is 5.80. The van der Waals surface area contributed by atoms with Crippen LogP contribution < -0.4 is 10.6 Å². The largest absolute Gasteiger partial charge is 0.424 e. The smallest absolute Gasteiger partial charge is 0.295 e. The van der Waals surface area contributed by atoms with Gasteiger partial charge in [-0.3, -0.25) is 4.79 Å². The number of oxazole rings is 1. The fourth-order valence-electron chi connectivity index (χ4n) is 4.08. The number of hydrogen-bond donors (Lipinski definition) is 2. The van der Waals surface area contributed by atoms with Crippen molar-refractivity contribution < 1.29 is 9.21 Å². The predicted octanol–water partition coefficient (Wildman–Crippen LogP) is 4.95. The molecule has 2 aromatic carbocycles. The van der Waals surface area contributed by atoms with Crippen LogP contribution in [0.3, 0.4) is 0 Å². The van der Waals surface area contributed by atoms with Gasteiger partial charge in [-0.2, -0.15) is 4.98 Å². The van der Waals surface area contributed by atoms with E-state index in [1.165, 1.54) is 12.8 Å². The first-order valence-corrected chi connectivity index (χ1v) is 11.4. The van der Waals surface area contributed by atoms with Gasteiger partial charge in [0.05, 0.1) is 0 Å². The van der Waals surface area contributed by atoms with E-state index >= 15 is 0 Å². The Hall–Kier alpha value is -2.57. The number of aromatic nitrogens is 1. The Balaban J connectivity index is 1.46. The number of halogens is 1. The van der Waals surface area contributed by atoms with Crippen molar-refractivity contribution in [2.75, 3.05) is 31.5 Å². The number of nitrogens with zero attached hydrogens (tertiary/aromatic N) is 2. The molecule has 1 atom stereocenters. The van der Waals surface area contributed by atoms with Gasteiger partial charge in [-0.1, -0.05) is 30.7 Å². The monoisotopic (exact) mass is 440 g/mol. The Labute approximate surface area is 188 Å². The zero-order valence-electron chi connectivity index (χ0n) is 17.9. The van der Waals surface area contributed by atoms with Crippen molar-refractivity contribution >= 4 is 34.6 Å². The Morgan fingerprint density at radius 1 is 1.32 bits per heavy atom. The molecule has 2 heterocycles. The first kappa shape index (κ1) is 21.7. The second-order valence-electron chi connectivity index (χ2n) is 8.15. The molecule has 0 spiro atoms. The number of carbonyl (C=O) groups excluding carboxylic acids is 1. The summed E-state index contributed by atoms with van der Waals surface area (Å²) in [4.78, 5) is 19.7. The molecule has 0 saturated carbocycles. The lowest BCUT2D eigenvalue weighted by atomic mass is 9.98. The van der Waals surface area contributed by atoms with Crippen LogP contribution in [0.4, 0.5) is 6.01 Å². The van der Waals surface area contributed by atoms with E-state index in [0.717, 1.165) is 38.2 Å². The van der Waals surface area contributed by atoms with Gasteiger partial charge in [-0.05, 0) is 74.2 Å². The summed E-state index contributed by atoms with van der Waals surface area (Å²) in [5.74, 6) is 0.577. The Morgan fingerprint density at radius 3 is 3.00 bits per heavy atom. The average molecular weight is 441 g/mol. The number of benzene rings is 2. The number of amides is 1. The van der Waals surface area contributed by atoms with Crippen LogP contribution in [-0.2, 0) is 6.54 Å².